The Kier molecular flexibility index (Phi) is 2.45. The monoisotopic (exact) mass is 203 g/mol. The molecule has 0 aliphatic carbocycles. The quantitative estimate of drug-likeness (QED) is 0.778. The number of pyridine rings is 1. The standard InChI is InChI=1S/C10H9N3O2/c1-15-10-9-7(2-5-13-14)6-12-8(9)3-4-11-10/h2-6,12H,1H3/b5-2+. The zero-order chi connectivity index (χ0) is 10.7. The number of fused-ring (bicyclic) bond motifs is 1. The molecule has 2 aromatic heterocycles. The van der Waals surface area contributed by atoms with Crippen molar-refractivity contribution in [2.45, 2.75) is 0 Å². The molecule has 2 heterocycles. The lowest BCUT2D eigenvalue weighted by Gasteiger charge is -2.00. The predicted octanol–water partition coefficient (Wildman–Crippen LogP) is 2.31. The first-order valence-electron chi connectivity index (χ1n) is 4.36. The molecule has 2 aromatic rings. The van der Waals surface area contributed by atoms with E-state index in [1.807, 2.05) is 6.07 Å². The van der Waals surface area contributed by atoms with Gasteiger partial charge in [-0.15, -0.1) is 4.91 Å². The van der Waals surface area contributed by atoms with Crippen LogP contribution in [0.25, 0.3) is 17.0 Å². The molecule has 0 aromatic carbocycles. The number of H-pyrrole nitrogens is 1. The van der Waals surface area contributed by atoms with Crippen LogP contribution in [0.15, 0.2) is 29.8 Å². The van der Waals surface area contributed by atoms with Crippen molar-refractivity contribution in [2.75, 3.05) is 7.11 Å². The SMILES string of the molecule is COc1nccc2[nH]cc(/C=C/N=O)c12. The van der Waals surface area contributed by atoms with E-state index in [0.29, 0.717) is 5.88 Å². The van der Waals surface area contributed by atoms with Gasteiger partial charge in [0.15, 0.2) is 0 Å². The van der Waals surface area contributed by atoms with E-state index in [2.05, 4.69) is 15.1 Å². The highest BCUT2D eigenvalue weighted by molar-refractivity contribution is 5.92. The molecule has 76 valence electrons. The van der Waals surface area contributed by atoms with E-state index in [-0.39, 0.29) is 0 Å². The van der Waals surface area contributed by atoms with Gasteiger partial charge in [-0.25, -0.2) is 4.98 Å². The van der Waals surface area contributed by atoms with E-state index in [4.69, 9.17) is 4.74 Å². The third kappa shape index (κ3) is 1.59. The van der Waals surface area contributed by atoms with E-state index in [1.54, 1.807) is 25.6 Å². The van der Waals surface area contributed by atoms with Gasteiger partial charge in [0.05, 0.1) is 24.2 Å². The summed E-state index contributed by atoms with van der Waals surface area (Å²) in [5.41, 5.74) is 1.74. The first kappa shape index (κ1) is 9.39. The van der Waals surface area contributed by atoms with Crippen LogP contribution in [0, 0.1) is 4.91 Å². The number of hydrogen-bond acceptors (Lipinski definition) is 4. The first-order valence-corrected chi connectivity index (χ1v) is 4.36. The third-order valence-electron chi connectivity index (χ3n) is 2.10. The summed E-state index contributed by atoms with van der Waals surface area (Å²) in [5.74, 6) is 0.527. The Morgan fingerprint density at radius 3 is 3.20 bits per heavy atom. The fourth-order valence-corrected chi connectivity index (χ4v) is 1.47. The average molecular weight is 203 g/mol. The van der Waals surface area contributed by atoms with Crippen molar-refractivity contribution >= 4 is 17.0 Å². The summed E-state index contributed by atoms with van der Waals surface area (Å²) in [6.07, 6.45) is 6.23. The highest BCUT2D eigenvalue weighted by Crippen LogP contribution is 2.26. The Labute approximate surface area is 85.8 Å². The third-order valence-corrected chi connectivity index (χ3v) is 2.10. The second kappa shape index (κ2) is 3.91. The minimum absolute atomic E-state index is 0.527. The molecule has 1 N–H and O–H groups in total. The Morgan fingerprint density at radius 2 is 2.47 bits per heavy atom. The highest BCUT2D eigenvalue weighted by atomic mass is 16.5. The molecule has 0 aliphatic heterocycles. The molecule has 0 fully saturated rings. The molecule has 15 heavy (non-hydrogen) atoms. The summed E-state index contributed by atoms with van der Waals surface area (Å²) in [6, 6.07) is 1.84. The average Bonchev–Trinajstić information content (AvgIpc) is 2.69. The zero-order valence-electron chi connectivity index (χ0n) is 8.10. The number of hydrogen-bond donors (Lipinski definition) is 1. The molecule has 5 nitrogen and oxygen atoms in total. The Balaban J connectivity index is 2.65. The molecule has 0 spiro atoms. The van der Waals surface area contributed by atoms with Gasteiger partial charge in [0.1, 0.15) is 0 Å². The Morgan fingerprint density at radius 1 is 1.60 bits per heavy atom. The maximum Gasteiger partial charge on any atom is 0.223 e. The van der Waals surface area contributed by atoms with Crippen molar-refractivity contribution < 1.29 is 4.74 Å². The lowest BCUT2D eigenvalue weighted by Crippen LogP contribution is -1.87. The van der Waals surface area contributed by atoms with Gasteiger partial charge in [-0.1, -0.05) is 0 Å². The number of aromatic amines is 1. The van der Waals surface area contributed by atoms with E-state index in [0.717, 1.165) is 16.5 Å². The predicted molar refractivity (Wildman–Crippen MR) is 57.5 cm³/mol. The Hall–Kier alpha value is -2.17. The first-order chi connectivity index (χ1) is 7.36. The van der Waals surface area contributed by atoms with Gasteiger partial charge in [0.25, 0.3) is 0 Å². The summed E-state index contributed by atoms with van der Waals surface area (Å²) >= 11 is 0. The van der Waals surface area contributed by atoms with E-state index >= 15 is 0 Å². The number of nitroso groups, excluding NO2 is 1. The van der Waals surface area contributed by atoms with Gasteiger partial charge in [0.2, 0.25) is 5.88 Å². The molecule has 0 saturated heterocycles. The molecular formula is C10H9N3O2. The van der Waals surface area contributed by atoms with Crippen LogP contribution in [0.4, 0.5) is 0 Å². The van der Waals surface area contributed by atoms with Gasteiger partial charge in [-0.2, -0.15) is 0 Å². The van der Waals surface area contributed by atoms with Crippen molar-refractivity contribution in [3.63, 3.8) is 0 Å². The summed E-state index contributed by atoms with van der Waals surface area (Å²) in [4.78, 5) is 17.1. The molecule has 0 atom stereocenters. The minimum Gasteiger partial charge on any atom is -0.480 e. The summed E-state index contributed by atoms with van der Waals surface area (Å²) < 4.78 is 5.13. The number of ether oxygens (including phenoxy) is 1. The molecule has 5 heteroatoms. The maximum atomic E-state index is 10.00. The van der Waals surface area contributed by atoms with E-state index in [1.165, 1.54) is 6.20 Å². The number of nitrogens with one attached hydrogen (secondary N) is 1. The molecule has 0 bridgehead atoms. The molecular weight excluding hydrogens is 194 g/mol. The van der Waals surface area contributed by atoms with Crippen LogP contribution in [-0.4, -0.2) is 17.1 Å². The van der Waals surface area contributed by atoms with Crippen LogP contribution in [-0.2, 0) is 0 Å². The van der Waals surface area contributed by atoms with Crippen LogP contribution in [0.1, 0.15) is 5.56 Å². The minimum atomic E-state index is 0.527. The largest absolute Gasteiger partial charge is 0.480 e. The molecule has 2 rings (SSSR count). The number of nitrogens with zero attached hydrogens (tertiary/aromatic N) is 2. The molecule has 0 amide bonds. The van der Waals surface area contributed by atoms with Crippen molar-refractivity contribution in [3.05, 3.63) is 35.1 Å². The number of methoxy groups -OCH3 is 1. The van der Waals surface area contributed by atoms with Crippen LogP contribution in [0.3, 0.4) is 0 Å². The van der Waals surface area contributed by atoms with E-state index < -0.39 is 0 Å². The van der Waals surface area contributed by atoms with Crippen LogP contribution < -0.4 is 4.74 Å². The topological polar surface area (TPSA) is 67.3 Å². The van der Waals surface area contributed by atoms with Gasteiger partial charge >= 0.3 is 0 Å². The maximum absolute atomic E-state index is 10.00. The fraction of sp³-hybridized carbons (Fsp3) is 0.100. The summed E-state index contributed by atoms with van der Waals surface area (Å²) in [7, 11) is 1.56. The Bertz CT molecular complexity index is 516. The zero-order valence-corrected chi connectivity index (χ0v) is 8.10. The lowest BCUT2D eigenvalue weighted by molar-refractivity contribution is 0.403. The van der Waals surface area contributed by atoms with Crippen LogP contribution >= 0.6 is 0 Å². The van der Waals surface area contributed by atoms with Crippen LogP contribution in [0.5, 0.6) is 5.88 Å². The smallest absolute Gasteiger partial charge is 0.223 e. The number of rotatable bonds is 3. The fourth-order valence-electron chi connectivity index (χ4n) is 1.47. The van der Waals surface area contributed by atoms with Crippen molar-refractivity contribution in [1.82, 2.24) is 9.97 Å². The number of aromatic nitrogens is 2. The van der Waals surface area contributed by atoms with Gasteiger partial charge < -0.3 is 9.72 Å². The van der Waals surface area contributed by atoms with Crippen LogP contribution in [0.2, 0.25) is 0 Å². The second-order valence-corrected chi connectivity index (χ2v) is 2.91. The lowest BCUT2D eigenvalue weighted by atomic mass is 10.2. The van der Waals surface area contributed by atoms with Crippen molar-refractivity contribution in [1.29, 1.82) is 0 Å². The normalized spacial score (nSPS) is 11.0. The van der Waals surface area contributed by atoms with Gasteiger partial charge in [-0.05, 0) is 17.3 Å². The van der Waals surface area contributed by atoms with Gasteiger partial charge in [-0.3, -0.25) is 0 Å². The van der Waals surface area contributed by atoms with Gasteiger partial charge in [0, 0.05) is 18.0 Å². The van der Waals surface area contributed by atoms with Crippen molar-refractivity contribution in [3.8, 4) is 5.88 Å². The van der Waals surface area contributed by atoms with E-state index in [9.17, 15) is 4.91 Å². The summed E-state index contributed by atoms with van der Waals surface area (Å²) in [6.45, 7) is 0. The molecule has 0 radical (unpaired) electrons. The summed E-state index contributed by atoms with van der Waals surface area (Å²) in [5, 5.41) is 3.51. The van der Waals surface area contributed by atoms with Crippen molar-refractivity contribution in [2.24, 2.45) is 5.18 Å². The second-order valence-electron chi connectivity index (χ2n) is 2.91. The highest BCUT2D eigenvalue weighted by Gasteiger charge is 2.07. The molecule has 0 aliphatic rings. The molecule has 0 saturated carbocycles. The molecule has 0 unspecified atom stereocenters.